The Kier molecular flexibility index (Phi) is 2.94. The van der Waals surface area contributed by atoms with Crippen molar-refractivity contribution in [1.82, 2.24) is 20.0 Å². The number of carbonyl (C=O) groups is 1. The van der Waals surface area contributed by atoms with E-state index < -0.39 is 5.91 Å². The zero-order chi connectivity index (χ0) is 16.1. The molecule has 114 valence electrons. The minimum atomic E-state index is -0.588. The van der Waals surface area contributed by atoms with Gasteiger partial charge < -0.3 is 11.5 Å². The molecule has 1 amide bonds. The molecule has 0 saturated heterocycles. The Labute approximate surface area is 127 Å². The maximum absolute atomic E-state index is 11.8. The van der Waals surface area contributed by atoms with Crippen LogP contribution in [0.15, 0.2) is 24.4 Å². The van der Waals surface area contributed by atoms with E-state index in [2.05, 4.69) is 15.3 Å². The molecule has 0 radical (unpaired) electrons. The molecule has 0 fully saturated rings. The molecule has 5 N–H and O–H groups in total. The lowest BCUT2D eigenvalue weighted by molar-refractivity contribution is 0.100. The van der Waals surface area contributed by atoms with Gasteiger partial charge in [-0.2, -0.15) is 10.2 Å². The fourth-order valence-corrected chi connectivity index (χ4v) is 2.48. The summed E-state index contributed by atoms with van der Waals surface area (Å²) >= 11 is 0. The highest BCUT2D eigenvalue weighted by Gasteiger charge is 2.26. The Bertz CT molecular complexity index is 868. The summed E-state index contributed by atoms with van der Waals surface area (Å²) in [6.45, 7) is 5.89. The Morgan fingerprint density at radius 3 is 2.68 bits per heavy atom. The molecule has 2 heterocycles. The van der Waals surface area contributed by atoms with Crippen LogP contribution in [-0.4, -0.2) is 25.9 Å². The molecule has 0 aliphatic heterocycles. The highest BCUT2D eigenvalue weighted by atomic mass is 16.1. The molecule has 1 aromatic carbocycles. The van der Waals surface area contributed by atoms with Crippen molar-refractivity contribution in [3.63, 3.8) is 0 Å². The number of H-pyrrole nitrogens is 1. The maximum Gasteiger partial charge on any atom is 0.254 e. The van der Waals surface area contributed by atoms with E-state index in [9.17, 15) is 4.79 Å². The fraction of sp³-hybridized carbons (Fsp3) is 0.267. The Morgan fingerprint density at radius 2 is 2.05 bits per heavy atom. The summed E-state index contributed by atoms with van der Waals surface area (Å²) < 4.78 is 1.63. The van der Waals surface area contributed by atoms with Crippen molar-refractivity contribution in [3.8, 4) is 11.3 Å². The first kappa shape index (κ1) is 14.1. The topological polar surface area (TPSA) is 116 Å². The van der Waals surface area contributed by atoms with Crippen LogP contribution < -0.4 is 11.5 Å². The van der Waals surface area contributed by atoms with Gasteiger partial charge in [-0.3, -0.25) is 9.89 Å². The quantitative estimate of drug-likeness (QED) is 0.669. The van der Waals surface area contributed by atoms with Gasteiger partial charge in [-0.25, -0.2) is 4.68 Å². The molecular weight excluding hydrogens is 280 g/mol. The number of primary amides is 1. The third-order valence-electron chi connectivity index (χ3n) is 3.52. The third-order valence-corrected chi connectivity index (χ3v) is 3.52. The number of aromatic amines is 1. The molecule has 0 saturated carbocycles. The summed E-state index contributed by atoms with van der Waals surface area (Å²) in [5, 5.41) is 12.3. The number of carbonyl (C=O) groups excluding carboxylic acids is 1. The van der Waals surface area contributed by atoms with Gasteiger partial charge in [0.15, 0.2) is 0 Å². The number of anilines is 1. The smallest absolute Gasteiger partial charge is 0.254 e. The lowest BCUT2D eigenvalue weighted by atomic mass is 10.1. The predicted octanol–water partition coefficient (Wildman–Crippen LogP) is 1.86. The van der Waals surface area contributed by atoms with Gasteiger partial charge in [-0.1, -0.05) is 6.07 Å². The van der Waals surface area contributed by atoms with Crippen LogP contribution in [0.25, 0.3) is 22.2 Å². The van der Waals surface area contributed by atoms with Gasteiger partial charge in [0.25, 0.3) is 5.91 Å². The first-order valence-electron chi connectivity index (χ1n) is 6.91. The monoisotopic (exact) mass is 298 g/mol. The molecule has 0 aliphatic carbocycles. The van der Waals surface area contributed by atoms with Gasteiger partial charge in [-0.05, 0) is 32.9 Å². The van der Waals surface area contributed by atoms with Crippen LogP contribution in [0, 0.1) is 0 Å². The van der Waals surface area contributed by atoms with Gasteiger partial charge in [0.2, 0.25) is 0 Å². The molecule has 0 bridgehead atoms. The first-order chi connectivity index (χ1) is 10.3. The number of fused-ring (bicyclic) bond motifs is 1. The minimum absolute atomic E-state index is 0.248. The normalized spacial score (nSPS) is 12.0. The zero-order valence-electron chi connectivity index (χ0n) is 12.7. The van der Waals surface area contributed by atoms with Crippen molar-refractivity contribution in [1.29, 1.82) is 0 Å². The number of rotatable bonds is 2. The van der Waals surface area contributed by atoms with Gasteiger partial charge >= 0.3 is 0 Å². The van der Waals surface area contributed by atoms with E-state index in [0.29, 0.717) is 5.69 Å². The molecule has 2 aromatic heterocycles. The average Bonchev–Trinajstić information content (AvgIpc) is 3.00. The van der Waals surface area contributed by atoms with E-state index in [1.54, 1.807) is 10.9 Å². The van der Waals surface area contributed by atoms with Crippen LogP contribution in [0.5, 0.6) is 0 Å². The van der Waals surface area contributed by atoms with Crippen LogP contribution in [0.2, 0.25) is 0 Å². The summed E-state index contributed by atoms with van der Waals surface area (Å²) in [5.74, 6) is -0.308. The van der Waals surface area contributed by atoms with E-state index in [0.717, 1.165) is 16.5 Å². The summed E-state index contributed by atoms with van der Waals surface area (Å²) in [6.07, 6.45) is 1.72. The molecule has 0 spiro atoms. The molecule has 0 atom stereocenters. The van der Waals surface area contributed by atoms with Crippen molar-refractivity contribution in [2.75, 3.05) is 5.73 Å². The van der Waals surface area contributed by atoms with Gasteiger partial charge in [0.05, 0.1) is 17.3 Å². The summed E-state index contributed by atoms with van der Waals surface area (Å²) in [7, 11) is 0. The number of nitrogens with zero attached hydrogens (tertiary/aromatic N) is 3. The van der Waals surface area contributed by atoms with E-state index in [1.165, 1.54) is 0 Å². The second kappa shape index (κ2) is 4.59. The first-order valence-corrected chi connectivity index (χ1v) is 6.91. The van der Waals surface area contributed by atoms with Crippen molar-refractivity contribution in [2.24, 2.45) is 5.73 Å². The second-order valence-electron chi connectivity index (χ2n) is 6.23. The number of nitrogens with two attached hydrogens (primary N) is 2. The van der Waals surface area contributed by atoms with E-state index >= 15 is 0 Å². The molecule has 3 aromatic rings. The van der Waals surface area contributed by atoms with Crippen molar-refractivity contribution in [3.05, 3.63) is 30.0 Å². The van der Waals surface area contributed by atoms with Crippen LogP contribution in [0.4, 0.5) is 5.82 Å². The number of aromatic nitrogens is 4. The van der Waals surface area contributed by atoms with Crippen molar-refractivity contribution >= 4 is 22.6 Å². The van der Waals surface area contributed by atoms with E-state index in [1.807, 2.05) is 39.0 Å². The standard InChI is InChI=1S/C15H18N6O/c1-15(2,3)21-13(16)11(14(17)22)12(20-21)8-4-5-10-9(6-8)7-18-19-10/h4-7H,16H2,1-3H3,(H2,17,22)(H,18,19). The van der Waals surface area contributed by atoms with E-state index in [-0.39, 0.29) is 16.9 Å². The largest absolute Gasteiger partial charge is 0.383 e. The molecule has 0 aliphatic rings. The van der Waals surface area contributed by atoms with Crippen LogP contribution in [0.3, 0.4) is 0 Å². The highest BCUT2D eigenvalue weighted by molar-refractivity contribution is 6.04. The Morgan fingerprint density at radius 1 is 1.32 bits per heavy atom. The number of nitrogens with one attached hydrogen (secondary N) is 1. The molecule has 7 nitrogen and oxygen atoms in total. The van der Waals surface area contributed by atoms with Crippen LogP contribution >= 0.6 is 0 Å². The van der Waals surface area contributed by atoms with Crippen molar-refractivity contribution in [2.45, 2.75) is 26.3 Å². The van der Waals surface area contributed by atoms with Crippen molar-refractivity contribution < 1.29 is 4.79 Å². The number of amides is 1. The lowest BCUT2D eigenvalue weighted by Gasteiger charge is -2.20. The molecule has 7 heteroatoms. The fourth-order valence-electron chi connectivity index (χ4n) is 2.48. The Balaban J connectivity index is 2.27. The summed E-state index contributed by atoms with van der Waals surface area (Å²) in [5.41, 5.74) is 13.7. The van der Waals surface area contributed by atoms with E-state index in [4.69, 9.17) is 11.5 Å². The lowest BCUT2D eigenvalue weighted by Crippen LogP contribution is -2.25. The van der Waals surface area contributed by atoms with Gasteiger partial charge in [-0.15, -0.1) is 0 Å². The highest BCUT2D eigenvalue weighted by Crippen LogP contribution is 2.31. The summed E-state index contributed by atoms with van der Waals surface area (Å²) in [6, 6.07) is 5.65. The van der Waals surface area contributed by atoms with Crippen LogP contribution in [0.1, 0.15) is 31.1 Å². The maximum atomic E-state index is 11.8. The zero-order valence-corrected chi connectivity index (χ0v) is 12.7. The number of hydrogen-bond acceptors (Lipinski definition) is 4. The molecule has 22 heavy (non-hydrogen) atoms. The van der Waals surface area contributed by atoms with Gasteiger partial charge in [0, 0.05) is 10.9 Å². The number of benzene rings is 1. The molecule has 0 unspecified atom stereocenters. The van der Waals surface area contributed by atoms with Gasteiger partial charge in [0.1, 0.15) is 17.1 Å². The Hall–Kier alpha value is -2.83. The van der Waals surface area contributed by atoms with Crippen LogP contribution in [-0.2, 0) is 5.54 Å². The number of nitrogen functional groups attached to an aromatic ring is 1. The number of hydrogen-bond donors (Lipinski definition) is 3. The predicted molar refractivity (Wildman–Crippen MR) is 85.2 cm³/mol. The SMILES string of the molecule is CC(C)(C)n1nc(-c2ccc3[nH]ncc3c2)c(C(N)=O)c1N. The molecule has 3 rings (SSSR count). The minimum Gasteiger partial charge on any atom is -0.383 e. The molecular formula is C15H18N6O. The third kappa shape index (κ3) is 2.11. The second-order valence-corrected chi connectivity index (χ2v) is 6.23. The summed E-state index contributed by atoms with van der Waals surface area (Å²) in [4.78, 5) is 11.8. The average molecular weight is 298 g/mol.